The summed E-state index contributed by atoms with van der Waals surface area (Å²) in [5.41, 5.74) is 0.649. The number of carbonyl (C=O) groups excluding carboxylic acids is 2. The first-order chi connectivity index (χ1) is 10.0. The largest absolute Gasteiger partial charge is 0.492 e. The van der Waals surface area contributed by atoms with Gasteiger partial charge in [-0.1, -0.05) is 12.1 Å². The first kappa shape index (κ1) is 14.8. The Morgan fingerprint density at radius 1 is 1.24 bits per heavy atom. The van der Waals surface area contributed by atoms with Crippen LogP contribution in [0.3, 0.4) is 0 Å². The molecule has 1 heterocycles. The van der Waals surface area contributed by atoms with Gasteiger partial charge >= 0.3 is 5.97 Å². The van der Waals surface area contributed by atoms with E-state index >= 15 is 0 Å². The lowest BCUT2D eigenvalue weighted by molar-refractivity contribution is -0.153. The first-order valence-electron chi connectivity index (χ1n) is 6.54. The van der Waals surface area contributed by atoms with Crippen LogP contribution < -0.4 is 9.64 Å². The number of hydrogen-bond acceptors (Lipinski definition) is 5. The maximum atomic E-state index is 12.0. The molecule has 1 aliphatic heterocycles. The van der Waals surface area contributed by atoms with Gasteiger partial charge in [-0.3, -0.25) is 19.3 Å². The van der Waals surface area contributed by atoms with E-state index in [1.54, 1.807) is 29.2 Å². The highest BCUT2D eigenvalue weighted by Crippen LogP contribution is 2.29. The van der Waals surface area contributed by atoms with E-state index in [-0.39, 0.29) is 13.1 Å². The van der Waals surface area contributed by atoms with E-state index in [9.17, 15) is 14.4 Å². The number of ether oxygens (including phenoxy) is 1. The smallest absolute Gasteiger partial charge is 0.323 e. The Hall–Kier alpha value is -2.57. The zero-order valence-corrected chi connectivity index (χ0v) is 11.6. The predicted octanol–water partition coefficient (Wildman–Crippen LogP) is 0.345. The van der Waals surface area contributed by atoms with E-state index in [2.05, 4.69) is 0 Å². The van der Waals surface area contributed by atoms with Crippen molar-refractivity contribution in [1.29, 1.82) is 0 Å². The topological polar surface area (TPSA) is 87.2 Å². The summed E-state index contributed by atoms with van der Waals surface area (Å²) in [4.78, 5) is 36.9. The van der Waals surface area contributed by atoms with Gasteiger partial charge in [-0.05, 0) is 19.1 Å². The van der Waals surface area contributed by atoms with Gasteiger partial charge in [-0.2, -0.15) is 0 Å². The minimum Gasteiger partial charge on any atom is -0.492 e. The van der Waals surface area contributed by atoms with Gasteiger partial charge < -0.3 is 14.7 Å². The third-order valence-corrected chi connectivity index (χ3v) is 3.05. The number of benzene rings is 1. The van der Waals surface area contributed by atoms with E-state index in [0.29, 0.717) is 18.0 Å². The normalized spacial score (nSPS) is 15.3. The minimum atomic E-state index is -1.21. The average Bonchev–Trinajstić information content (AvgIpc) is 2.43. The van der Waals surface area contributed by atoms with Gasteiger partial charge in [0.2, 0.25) is 11.8 Å². The molecule has 0 aromatic heterocycles. The van der Waals surface area contributed by atoms with Gasteiger partial charge in [0, 0.05) is 0 Å². The van der Waals surface area contributed by atoms with Crippen molar-refractivity contribution in [3.8, 4) is 5.75 Å². The lowest BCUT2D eigenvalue weighted by atomic mass is 10.2. The molecule has 0 bridgehead atoms. The molecule has 0 radical (unpaired) electrons. The van der Waals surface area contributed by atoms with Crippen LogP contribution in [0.25, 0.3) is 0 Å². The van der Waals surface area contributed by atoms with Crippen LogP contribution in [-0.4, -0.2) is 54.0 Å². The maximum absolute atomic E-state index is 12.0. The molecule has 1 fully saturated rings. The quantitative estimate of drug-likeness (QED) is 0.788. The molecule has 1 aromatic carbocycles. The number of amides is 2. The number of para-hydroxylation sites is 2. The summed E-state index contributed by atoms with van der Waals surface area (Å²) in [7, 11) is 0. The van der Waals surface area contributed by atoms with Crippen LogP contribution in [0, 0.1) is 0 Å². The van der Waals surface area contributed by atoms with Crippen LogP contribution in [0.5, 0.6) is 5.75 Å². The van der Waals surface area contributed by atoms with Gasteiger partial charge in [0.25, 0.3) is 0 Å². The molecule has 1 saturated heterocycles. The Kier molecular flexibility index (Phi) is 4.42. The number of nitrogens with zero attached hydrogens (tertiary/aromatic N) is 2. The van der Waals surface area contributed by atoms with Crippen molar-refractivity contribution < 1.29 is 24.2 Å². The van der Waals surface area contributed by atoms with Crippen molar-refractivity contribution in [1.82, 2.24) is 4.90 Å². The minimum absolute atomic E-state index is 0.0525. The van der Waals surface area contributed by atoms with Gasteiger partial charge in [0.1, 0.15) is 12.3 Å². The molecule has 0 atom stereocenters. The maximum Gasteiger partial charge on any atom is 0.323 e. The molecule has 0 unspecified atom stereocenters. The SMILES string of the molecule is CCOc1ccccc1N1CC(=O)N(CC(=O)O)C(=O)C1. The molecule has 2 amide bonds. The lowest BCUT2D eigenvalue weighted by Gasteiger charge is -2.33. The standard InChI is InChI=1S/C14H16N2O5/c1-2-21-11-6-4-3-5-10(11)15-7-12(17)16(9-14(19)20)13(18)8-15/h3-6H,2,7-9H2,1H3,(H,19,20). The highest BCUT2D eigenvalue weighted by atomic mass is 16.5. The summed E-state index contributed by atoms with van der Waals surface area (Å²) in [5.74, 6) is -1.67. The summed E-state index contributed by atoms with van der Waals surface area (Å²) in [5, 5.41) is 8.72. The van der Waals surface area contributed by atoms with Crippen LogP contribution >= 0.6 is 0 Å². The third-order valence-electron chi connectivity index (χ3n) is 3.05. The molecule has 0 aliphatic carbocycles. The molecular weight excluding hydrogens is 276 g/mol. The first-order valence-corrected chi connectivity index (χ1v) is 6.54. The zero-order valence-electron chi connectivity index (χ0n) is 11.6. The van der Waals surface area contributed by atoms with E-state index in [0.717, 1.165) is 4.90 Å². The molecule has 112 valence electrons. The van der Waals surface area contributed by atoms with Crippen LogP contribution in [0.2, 0.25) is 0 Å². The van der Waals surface area contributed by atoms with Crippen molar-refractivity contribution in [2.45, 2.75) is 6.92 Å². The van der Waals surface area contributed by atoms with Crippen LogP contribution in [-0.2, 0) is 14.4 Å². The number of anilines is 1. The van der Waals surface area contributed by atoms with Crippen molar-refractivity contribution in [2.24, 2.45) is 0 Å². The Bertz CT molecular complexity index is 554. The fraction of sp³-hybridized carbons (Fsp3) is 0.357. The molecule has 0 spiro atoms. The van der Waals surface area contributed by atoms with Crippen molar-refractivity contribution in [2.75, 3.05) is 31.1 Å². The van der Waals surface area contributed by atoms with Crippen LogP contribution in [0.15, 0.2) is 24.3 Å². The Labute approximate surface area is 121 Å². The summed E-state index contributed by atoms with van der Waals surface area (Å²) in [6.45, 7) is 1.61. The number of imide groups is 1. The zero-order chi connectivity index (χ0) is 15.4. The second-order valence-corrected chi connectivity index (χ2v) is 4.52. The predicted molar refractivity (Wildman–Crippen MR) is 74.2 cm³/mol. The number of carboxylic acid groups (broad SMARTS) is 1. The lowest BCUT2D eigenvalue weighted by Crippen LogP contribution is -2.55. The molecule has 7 nitrogen and oxygen atoms in total. The molecule has 0 saturated carbocycles. The molecule has 2 rings (SSSR count). The van der Waals surface area contributed by atoms with Gasteiger partial charge in [0.15, 0.2) is 0 Å². The second kappa shape index (κ2) is 6.25. The number of carboxylic acids is 1. The molecule has 1 N–H and O–H groups in total. The highest BCUT2D eigenvalue weighted by Gasteiger charge is 2.33. The number of aliphatic carboxylic acids is 1. The molecular formula is C14H16N2O5. The number of carbonyl (C=O) groups is 3. The third kappa shape index (κ3) is 3.31. The fourth-order valence-electron chi connectivity index (χ4n) is 2.17. The van der Waals surface area contributed by atoms with Crippen molar-refractivity contribution in [3.05, 3.63) is 24.3 Å². The second-order valence-electron chi connectivity index (χ2n) is 4.52. The monoisotopic (exact) mass is 292 g/mol. The average molecular weight is 292 g/mol. The van der Waals surface area contributed by atoms with Gasteiger partial charge in [0.05, 0.1) is 25.4 Å². The van der Waals surface area contributed by atoms with Crippen LogP contribution in [0.1, 0.15) is 6.92 Å². The summed E-state index contributed by atoms with van der Waals surface area (Å²) < 4.78 is 5.48. The van der Waals surface area contributed by atoms with E-state index in [1.807, 2.05) is 6.92 Å². The van der Waals surface area contributed by atoms with Crippen molar-refractivity contribution >= 4 is 23.5 Å². The van der Waals surface area contributed by atoms with E-state index < -0.39 is 24.3 Å². The van der Waals surface area contributed by atoms with Crippen LogP contribution in [0.4, 0.5) is 5.69 Å². The fourth-order valence-corrected chi connectivity index (χ4v) is 2.17. The van der Waals surface area contributed by atoms with E-state index in [4.69, 9.17) is 9.84 Å². The number of hydrogen-bond donors (Lipinski definition) is 1. The molecule has 1 aromatic rings. The summed E-state index contributed by atoms with van der Waals surface area (Å²) in [6, 6.07) is 7.12. The summed E-state index contributed by atoms with van der Waals surface area (Å²) in [6.07, 6.45) is 0. The molecule has 21 heavy (non-hydrogen) atoms. The number of piperazine rings is 1. The van der Waals surface area contributed by atoms with Crippen molar-refractivity contribution in [3.63, 3.8) is 0 Å². The summed E-state index contributed by atoms with van der Waals surface area (Å²) >= 11 is 0. The van der Waals surface area contributed by atoms with Gasteiger partial charge in [-0.25, -0.2) is 0 Å². The number of rotatable bonds is 5. The van der Waals surface area contributed by atoms with Gasteiger partial charge in [-0.15, -0.1) is 0 Å². The van der Waals surface area contributed by atoms with E-state index in [1.165, 1.54) is 0 Å². The molecule has 1 aliphatic rings. The highest BCUT2D eigenvalue weighted by molar-refractivity contribution is 6.04. The Morgan fingerprint density at radius 2 is 1.86 bits per heavy atom. The molecule has 7 heteroatoms. The Morgan fingerprint density at radius 3 is 2.43 bits per heavy atom. The Balaban J connectivity index is 2.19.